The Hall–Kier alpha value is -0.0400. The Labute approximate surface area is 64.5 Å². The van der Waals surface area contributed by atoms with Crippen molar-refractivity contribution >= 4 is 0 Å². The maximum atomic E-state index is 8.73. The second-order valence-corrected chi connectivity index (χ2v) is 4.39. The summed E-state index contributed by atoms with van der Waals surface area (Å²) in [5.74, 6) is 0.472. The molecule has 0 aromatic rings. The summed E-state index contributed by atoms with van der Waals surface area (Å²) in [7, 11) is 0. The second kappa shape index (κ2) is 3.97. The molecule has 62 valence electrons. The third kappa shape index (κ3) is 6.09. The largest absolute Gasteiger partial charge is 0.396 e. The zero-order valence-electron chi connectivity index (χ0n) is 7.65. The summed E-state index contributed by atoms with van der Waals surface area (Å²) < 4.78 is 0. The first kappa shape index (κ1) is 9.96. The maximum absolute atomic E-state index is 8.73. The SMILES string of the molecule is C[C@H](CO)CCC(C)(C)C. The molecule has 0 unspecified atom stereocenters. The zero-order chi connectivity index (χ0) is 8.20. The molecule has 0 aliphatic heterocycles. The van der Waals surface area contributed by atoms with Gasteiger partial charge < -0.3 is 5.11 Å². The summed E-state index contributed by atoms with van der Waals surface area (Å²) in [5.41, 5.74) is 0.420. The van der Waals surface area contributed by atoms with Crippen molar-refractivity contribution in [3.8, 4) is 0 Å². The highest BCUT2D eigenvalue weighted by atomic mass is 16.3. The van der Waals surface area contributed by atoms with Gasteiger partial charge in [-0.1, -0.05) is 27.7 Å². The first-order chi connectivity index (χ1) is 4.45. The number of rotatable bonds is 3. The molecule has 0 amide bonds. The van der Waals surface area contributed by atoms with Crippen LogP contribution in [0, 0.1) is 11.3 Å². The van der Waals surface area contributed by atoms with E-state index < -0.39 is 0 Å². The van der Waals surface area contributed by atoms with Gasteiger partial charge in [-0.15, -0.1) is 0 Å². The van der Waals surface area contributed by atoms with Gasteiger partial charge in [0.25, 0.3) is 0 Å². The van der Waals surface area contributed by atoms with Crippen molar-refractivity contribution in [2.24, 2.45) is 11.3 Å². The van der Waals surface area contributed by atoms with Gasteiger partial charge in [0.2, 0.25) is 0 Å². The molecule has 0 bridgehead atoms. The Morgan fingerprint density at radius 3 is 2.10 bits per heavy atom. The molecule has 0 saturated heterocycles. The Balaban J connectivity index is 3.36. The van der Waals surface area contributed by atoms with Gasteiger partial charge in [-0.25, -0.2) is 0 Å². The summed E-state index contributed by atoms with van der Waals surface area (Å²) in [6, 6.07) is 0. The molecular formula is C9H20O. The van der Waals surface area contributed by atoms with Crippen LogP contribution < -0.4 is 0 Å². The zero-order valence-corrected chi connectivity index (χ0v) is 7.65. The van der Waals surface area contributed by atoms with Gasteiger partial charge in [-0.05, 0) is 24.2 Å². The fourth-order valence-electron chi connectivity index (χ4n) is 0.771. The molecule has 10 heavy (non-hydrogen) atoms. The standard InChI is InChI=1S/C9H20O/c1-8(7-10)5-6-9(2,3)4/h8,10H,5-7H2,1-4H3/t8-/m0/s1. The number of hydrogen-bond acceptors (Lipinski definition) is 1. The second-order valence-electron chi connectivity index (χ2n) is 4.39. The Kier molecular flexibility index (Phi) is 3.95. The van der Waals surface area contributed by atoms with Gasteiger partial charge in [0.15, 0.2) is 0 Å². The lowest BCUT2D eigenvalue weighted by Gasteiger charge is -2.19. The Morgan fingerprint density at radius 2 is 1.80 bits per heavy atom. The molecule has 1 heteroatoms. The molecule has 0 radical (unpaired) electrons. The molecule has 0 spiro atoms. The van der Waals surface area contributed by atoms with Crippen molar-refractivity contribution in [2.75, 3.05) is 6.61 Å². The van der Waals surface area contributed by atoms with E-state index in [0.29, 0.717) is 17.9 Å². The molecule has 0 aromatic carbocycles. The topological polar surface area (TPSA) is 20.2 Å². The van der Waals surface area contributed by atoms with Crippen LogP contribution in [0.3, 0.4) is 0 Å². The van der Waals surface area contributed by atoms with Crippen molar-refractivity contribution in [3.63, 3.8) is 0 Å². The third-order valence-electron chi connectivity index (χ3n) is 1.70. The minimum Gasteiger partial charge on any atom is -0.396 e. The quantitative estimate of drug-likeness (QED) is 0.645. The average Bonchev–Trinajstić information content (AvgIpc) is 1.81. The molecule has 0 aliphatic rings. The highest BCUT2D eigenvalue weighted by Crippen LogP contribution is 2.22. The minimum atomic E-state index is 0.329. The van der Waals surface area contributed by atoms with Crippen molar-refractivity contribution in [1.82, 2.24) is 0 Å². The van der Waals surface area contributed by atoms with E-state index in [-0.39, 0.29) is 0 Å². The summed E-state index contributed by atoms with van der Waals surface area (Å²) in [5, 5.41) is 8.73. The highest BCUT2D eigenvalue weighted by molar-refractivity contribution is 4.63. The van der Waals surface area contributed by atoms with Gasteiger partial charge in [0.1, 0.15) is 0 Å². The number of hydrogen-bond donors (Lipinski definition) is 1. The summed E-state index contributed by atoms with van der Waals surface area (Å²) in [4.78, 5) is 0. The predicted molar refractivity (Wildman–Crippen MR) is 44.9 cm³/mol. The van der Waals surface area contributed by atoms with E-state index in [0.717, 1.165) is 6.42 Å². The normalized spacial score (nSPS) is 15.3. The summed E-state index contributed by atoms with van der Waals surface area (Å²) in [6.07, 6.45) is 2.34. The van der Waals surface area contributed by atoms with Crippen LogP contribution in [0.15, 0.2) is 0 Å². The monoisotopic (exact) mass is 144 g/mol. The molecule has 1 atom stereocenters. The smallest absolute Gasteiger partial charge is 0.0456 e. The lowest BCUT2D eigenvalue weighted by molar-refractivity contribution is 0.212. The summed E-state index contributed by atoms with van der Waals surface area (Å²) in [6.45, 7) is 9.12. The molecule has 0 aliphatic carbocycles. The fraction of sp³-hybridized carbons (Fsp3) is 1.00. The van der Waals surface area contributed by atoms with Gasteiger partial charge in [0.05, 0.1) is 0 Å². The molecular weight excluding hydrogens is 124 g/mol. The van der Waals surface area contributed by atoms with Gasteiger partial charge in [0, 0.05) is 6.61 Å². The van der Waals surface area contributed by atoms with Crippen LogP contribution in [0.25, 0.3) is 0 Å². The molecule has 0 aromatic heterocycles. The van der Waals surface area contributed by atoms with E-state index in [2.05, 4.69) is 27.7 Å². The molecule has 0 rings (SSSR count). The third-order valence-corrected chi connectivity index (χ3v) is 1.70. The van der Waals surface area contributed by atoms with Crippen molar-refractivity contribution in [1.29, 1.82) is 0 Å². The first-order valence-corrected chi connectivity index (χ1v) is 4.06. The van der Waals surface area contributed by atoms with E-state index in [1.807, 2.05) is 0 Å². The lowest BCUT2D eigenvalue weighted by Crippen LogP contribution is -2.09. The van der Waals surface area contributed by atoms with E-state index >= 15 is 0 Å². The van der Waals surface area contributed by atoms with Crippen LogP contribution in [0.5, 0.6) is 0 Å². The molecule has 1 nitrogen and oxygen atoms in total. The van der Waals surface area contributed by atoms with Gasteiger partial charge in [-0.3, -0.25) is 0 Å². The van der Waals surface area contributed by atoms with Crippen LogP contribution in [0.4, 0.5) is 0 Å². The first-order valence-electron chi connectivity index (χ1n) is 4.06. The lowest BCUT2D eigenvalue weighted by atomic mass is 9.87. The van der Waals surface area contributed by atoms with E-state index in [1.165, 1.54) is 6.42 Å². The Bertz CT molecular complexity index is 81.2. The van der Waals surface area contributed by atoms with Crippen LogP contribution in [-0.2, 0) is 0 Å². The van der Waals surface area contributed by atoms with Crippen molar-refractivity contribution in [3.05, 3.63) is 0 Å². The molecule has 0 heterocycles. The predicted octanol–water partition coefficient (Wildman–Crippen LogP) is 2.44. The van der Waals surface area contributed by atoms with E-state index in [9.17, 15) is 0 Å². The summed E-state index contributed by atoms with van der Waals surface area (Å²) >= 11 is 0. The number of aliphatic hydroxyl groups is 1. The van der Waals surface area contributed by atoms with Crippen LogP contribution in [0.2, 0.25) is 0 Å². The maximum Gasteiger partial charge on any atom is 0.0456 e. The fourth-order valence-corrected chi connectivity index (χ4v) is 0.771. The minimum absolute atomic E-state index is 0.329. The van der Waals surface area contributed by atoms with Crippen molar-refractivity contribution in [2.45, 2.75) is 40.5 Å². The van der Waals surface area contributed by atoms with Gasteiger partial charge >= 0.3 is 0 Å². The van der Waals surface area contributed by atoms with E-state index in [1.54, 1.807) is 0 Å². The van der Waals surface area contributed by atoms with Gasteiger partial charge in [-0.2, -0.15) is 0 Å². The molecule has 1 N–H and O–H groups in total. The van der Waals surface area contributed by atoms with Crippen molar-refractivity contribution < 1.29 is 5.11 Å². The molecule has 0 saturated carbocycles. The number of aliphatic hydroxyl groups excluding tert-OH is 1. The average molecular weight is 144 g/mol. The van der Waals surface area contributed by atoms with E-state index in [4.69, 9.17) is 5.11 Å². The van der Waals surface area contributed by atoms with Crippen LogP contribution in [-0.4, -0.2) is 11.7 Å². The van der Waals surface area contributed by atoms with Crippen LogP contribution in [0.1, 0.15) is 40.5 Å². The van der Waals surface area contributed by atoms with Crippen LogP contribution >= 0.6 is 0 Å². The Morgan fingerprint density at radius 1 is 1.30 bits per heavy atom. The molecule has 0 fully saturated rings. The highest BCUT2D eigenvalue weighted by Gasteiger charge is 2.11.